The molecule has 0 fully saturated rings. The summed E-state index contributed by atoms with van der Waals surface area (Å²) in [7, 11) is 1.55. The molecule has 0 aliphatic rings. The highest BCUT2D eigenvalue weighted by atomic mass is 35.5. The summed E-state index contributed by atoms with van der Waals surface area (Å²) in [6.45, 7) is 1.67. The van der Waals surface area contributed by atoms with Crippen molar-refractivity contribution in [2.24, 2.45) is 0 Å². The molecule has 0 saturated heterocycles. The normalized spacial score (nSPS) is 14.4. The Balaban J connectivity index is 2.56. The lowest BCUT2D eigenvalue weighted by atomic mass is 9.89. The summed E-state index contributed by atoms with van der Waals surface area (Å²) in [5.41, 5.74) is 0.0513. The van der Waals surface area contributed by atoms with Gasteiger partial charge in [0.1, 0.15) is 11.4 Å². The fourth-order valence-electron chi connectivity index (χ4n) is 1.76. The van der Waals surface area contributed by atoms with E-state index in [1.165, 1.54) is 12.5 Å². The number of hydrogen-bond donors (Lipinski definition) is 1. The molecule has 1 aromatic heterocycles. The molecule has 1 N–H and O–H groups in total. The fourth-order valence-corrected chi connectivity index (χ4v) is 1.93. The van der Waals surface area contributed by atoms with Crippen LogP contribution in [0.5, 0.6) is 5.75 Å². The molecule has 3 nitrogen and oxygen atoms in total. The van der Waals surface area contributed by atoms with E-state index in [9.17, 15) is 5.11 Å². The molecule has 0 aliphatic heterocycles. The zero-order valence-corrected chi connectivity index (χ0v) is 10.4. The van der Waals surface area contributed by atoms with Crippen molar-refractivity contribution in [3.63, 3.8) is 0 Å². The monoisotopic (exact) mass is 252 g/mol. The van der Waals surface area contributed by atoms with Crippen LogP contribution >= 0.6 is 11.6 Å². The lowest BCUT2D eigenvalue weighted by Crippen LogP contribution is -2.22. The van der Waals surface area contributed by atoms with Gasteiger partial charge in [-0.25, -0.2) is 0 Å². The smallest absolute Gasteiger partial charge is 0.125 e. The number of ether oxygens (including phenoxy) is 1. The van der Waals surface area contributed by atoms with Crippen LogP contribution in [0.2, 0.25) is 5.02 Å². The summed E-state index contributed by atoms with van der Waals surface area (Å²) in [5, 5.41) is 11.1. The lowest BCUT2D eigenvalue weighted by Gasteiger charge is -2.24. The van der Waals surface area contributed by atoms with E-state index in [0.29, 0.717) is 21.9 Å². The minimum Gasteiger partial charge on any atom is -0.496 e. The largest absolute Gasteiger partial charge is 0.496 e. The van der Waals surface area contributed by atoms with Crippen molar-refractivity contribution in [2.75, 3.05) is 7.11 Å². The number of rotatable bonds is 3. The first-order valence-electron chi connectivity index (χ1n) is 5.15. The van der Waals surface area contributed by atoms with Gasteiger partial charge in [0, 0.05) is 16.1 Å². The molecule has 90 valence electrons. The van der Waals surface area contributed by atoms with Crippen molar-refractivity contribution in [1.82, 2.24) is 0 Å². The molecule has 1 atom stereocenters. The van der Waals surface area contributed by atoms with Crippen LogP contribution in [0.15, 0.2) is 41.2 Å². The van der Waals surface area contributed by atoms with Gasteiger partial charge in [0.15, 0.2) is 0 Å². The van der Waals surface area contributed by atoms with E-state index in [4.69, 9.17) is 20.8 Å². The van der Waals surface area contributed by atoms with E-state index in [-0.39, 0.29) is 0 Å². The Labute approximate surface area is 105 Å². The molecule has 1 heterocycles. The van der Waals surface area contributed by atoms with Crippen LogP contribution in [0.1, 0.15) is 18.1 Å². The molecule has 0 saturated carbocycles. The second-order valence-corrected chi connectivity index (χ2v) is 4.37. The molecule has 0 bridgehead atoms. The molecule has 1 aromatic carbocycles. The third-order valence-electron chi connectivity index (χ3n) is 2.77. The maximum atomic E-state index is 10.6. The van der Waals surface area contributed by atoms with Gasteiger partial charge < -0.3 is 14.3 Å². The van der Waals surface area contributed by atoms with Crippen molar-refractivity contribution >= 4 is 11.6 Å². The maximum Gasteiger partial charge on any atom is 0.125 e. The molecular weight excluding hydrogens is 240 g/mol. The Bertz CT molecular complexity index is 503. The average Bonchev–Trinajstić information content (AvgIpc) is 2.83. The predicted molar refractivity (Wildman–Crippen MR) is 65.4 cm³/mol. The minimum atomic E-state index is -1.21. The zero-order chi connectivity index (χ0) is 12.5. The van der Waals surface area contributed by atoms with Crippen molar-refractivity contribution < 1.29 is 14.3 Å². The van der Waals surface area contributed by atoms with E-state index in [1.807, 2.05) is 0 Å². The maximum absolute atomic E-state index is 10.6. The minimum absolute atomic E-state index is 0.546. The van der Waals surface area contributed by atoms with E-state index < -0.39 is 5.60 Å². The van der Waals surface area contributed by atoms with Crippen molar-refractivity contribution in [2.45, 2.75) is 12.5 Å². The van der Waals surface area contributed by atoms with Crippen molar-refractivity contribution in [3.05, 3.63) is 52.9 Å². The van der Waals surface area contributed by atoms with Crippen LogP contribution in [0.4, 0.5) is 0 Å². The molecule has 2 rings (SSSR count). The highest BCUT2D eigenvalue weighted by molar-refractivity contribution is 6.30. The second-order valence-electron chi connectivity index (χ2n) is 3.93. The van der Waals surface area contributed by atoms with Gasteiger partial charge in [-0.3, -0.25) is 0 Å². The van der Waals surface area contributed by atoms with Gasteiger partial charge in [-0.2, -0.15) is 0 Å². The molecule has 1 unspecified atom stereocenters. The highest BCUT2D eigenvalue weighted by Crippen LogP contribution is 2.36. The van der Waals surface area contributed by atoms with E-state index in [2.05, 4.69) is 0 Å². The highest BCUT2D eigenvalue weighted by Gasteiger charge is 2.30. The van der Waals surface area contributed by atoms with E-state index in [1.54, 1.807) is 38.3 Å². The Morgan fingerprint density at radius 3 is 2.71 bits per heavy atom. The molecule has 0 radical (unpaired) electrons. The standard InChI is InChI=1S/C13H13ClO3/c1-13(15,9-5-6-17-8-9)11-7-10(14)3-4-12(11)16-2/h3-8,15H,1-2H3. The summed E-state index contributed by atoms with van der Waals surface area (Å²) in [6, 6.07) is 6.84. The van der Waals surface area contributed by atoms with Crippen LogP contribution in [0.3, 0.4) is 0 Å². The summed E-state index contributed by atoms with van der Waals surface area (Å²) < 4.78 is 10.2. The summed E-state index contributed by atoms with van der Waals surface area (Å²) in [4.78, 5) is 0. The van der Waals surface area contributed by atoms with E-state index >= 15 is 0 Å². The molecule has 0 spiro atoms. The molecular formula is C13H13ClO3. The van der Waals surface area contributed by atoms with Gasteiger partial charge in [-0.1, -0.05) is 11.6 Å². The van der Waals surface area contributed by atoms with Gasteiger partial charge in [-0.05, 0) is 31.2 Å². The molecule has 17 heavy (non-hydrogen) atoms. The number of hydrogen-bond acceptors (Lipinski definition) is 3. The van der Waals surface area contributed by atoms with Crippen LogP contribution < -0.4 is 4.74 Å². The Morgan fingerprint density at radius 1 is 1.35 bits per heavy atom. The average molecular weight is 253 g/mol. The first kappa shape index (κ1) is 12.0. The van der Waals surface area contributed by atoms with Crippen LogP contribution in [0.25, 0.3) is 0 Å². The van der Waals surface area contributed by atoms with Gasteiger partial charge in [-0.15, -0.1) is 0 Å². The number of halogens is 1. The Hall–Kier alpha value is -1.45. The predicted octanol–water partition coefficient (Wildman–Crippen LogP) is 3.20. The van der Waals surface area contributed by atoms with Crippen LogP contribution in [0, 0.1) is 0 Å². The number of methoxy groups -OCH3 is 1. The quantitative estimate of drug-likeness (QED) is 0.912. The molecule has 0 amide bonds. The first-order valence-corrected chi connectivity index (χ1v) is 5.52. The zero-order valence-electron chi connectivity index (χ0n) is 9.61. The van der Waals surface area contributed by atoms with E-state index in [0.717, 1.165) is 0 Å². The lowest BCUT2D eigenvalue weighted by molar-refractivity contribution is 0.0982. The second kappa shape index (κ2) is 4.43. The van der Waals surface area contributed by atoms with Gasteiger partial charge in [0.05, 0.1) is 19.6 Å². The number of furan rings is 1. The van der Waals surface area contributed by atoms with Gasteiger partial charge in [0.25, 0.3) is 0 Å². The summed E-state index contributed by atoms with van der Waals surface area (Å²) >= 11 is 5.95. The molecule has 4 heteroatoms. The summed E-state index contributed by atoms with van der Waals surface area (Å²) in [5.74, 6) is 0.584. The molecule has 0 aliphatic carbocycles. The summed E-state index contributed by atoms with van der Waals surface area (Å²) in [6.07, 6.45) is 3.02. The molecule has 2 aromatic rings. The topological polar surface area (TPSA) is 42.6 Å². The fraction of sp³-hybridized carbons (Fsp3) is 0.231. The Morgan fingerprint density at radius 2 is 2.12 bits per heavy atom. The van der Waals surface area contributed by atoms with Gasteiger partial charge >= 0.3 is 0 Å². The first-order chi connectivity index (χ1) is 8.05. The third kappa shape index (κ3) is 2.16. The van der Waals surface area contributed by atoms with Crippen LogP contribution in [-0.2, 0) is 5.60 Å². The van der Waals surface area contributed by atoms with Crippen molar-refractivity contribution in [3.8, 4) is 5.75 Å². The SMILES string of the molecule is COc1ccc(Cl)cc1C(C)(O)c1ccoc1. The number of benzene rings is 1. The van der Waals surface area contributed by atoms with Crippen LogP contribution in [-0.4, -0.2) is 12.2 Å². The third-order valence-corrected chi connectivity index (χ3v) is 3.00. The Kier molecular flexibility index (Phi) is 3.13. The van der Waals surface area contributed by atoms with Crippen molar-refractivity contribution in [1.29, 1.82) is 0 Å². The van der Waals surface area contributed by atoms with Gasteiger partial charge in [0.2, 0.25) is 0 Å². The number of aliphatic hydroxyl groups is 1.